The number of carbonyl (C=O) groups is 3. The van der Waals surface area contributed by atoms with E-state index in [0.29, 0.717) is 0 Å². The summed E-state index contributed by atoms with van der Waals surface area (Å²) < 4.78 is 0. The number of hydrogen-bond acceptors (Lipinski definition) is 4. The van der Waals surface area contributed by atoms with Gasteiger partial charge >= 0.3 is 0 Å². The molecule has 7 heteroatoms. The molecule has 0 radical (unpaired) electrons. The van der Waals surface area contributed by atoms with E-state index in [0.717, 1.165) is 76.0 Å². The third-order valence-corrected chi connectivity index (χ3v) is 6.18. The van der Waals surface area contributed by atoms with Gasteiger partial charge in [-0.25, -0.2) is 0 Å². The summed E-state index contributed by atoms with van der Waals surface area (Å²) in [6, 6.07) is 7.27. The summed E-state index contributed by atoms with van der Waals surface area (Å²) in [4.78, 5) is 43.9. The molecule has 2 aliphatic rings. The van der Waals surface area contributed by atoms with Crippen molar-refractivity contribution in [3.63, 3.8) is 0 Å². The van der Waals surface area contributed by atoms with Gasteiger partial charge in [0.2, 0.25) is 17.7 Å². The quantitative estimate of drug-likeness (QED) is 0.724. The van der Waals surface area contributed by atoms with Crippen molar-refractivity contribution in [1.29, 1.82) is 0 Å². The van der Waals surface area contributed by atoms with Crippen LogP contribution in [0.2, 0.25) is 0 Å². The first-order valence-electron chi connectivity index (χ1n) is 11.6. The maximum Gasteiger partial charge on any atom is 0.244 e. The zero-order valence-electron chi connectivity index (χ0n) is 18.9. The lowest BCUT2D eigenvalue weighted by Crippen LogP contribution is -2.51. The number of rotatable bonds is 7. The van der Waals surface area contributed by atoms with E-state index < -0.39 is 6.04 Å². The van der Waals surface area contributed by atoms with Crippen LogP contribution in [0.3, 0.4) is 0 Å². The summed E-state index contributed by atoms with van der Waals surface area (Å²) in [5, 5.41) is 2.84. The summed E-state index contributed by atoms with van der Waals surface area (Å²) in [5.74, 6) is -0.227. The lowest BCUT2D eigenvalue weighted by atomic mass is 10.1. The lowest BCUT2D eigenvalue weighted by molar-refractivity contribution is -0.136. The summed E-state index contributed by atoms with van der Waals surface area (Å²) >= 11 is 0. The van der Waals surface area contributed by atoms with Crippen LogP contribution < -0.4 is 10.2 Å². The third-order valence-electron chi connectivity index (χ3n) is 6.18. The van der Waals surface area contributed by atoms with Crippen molar-refractivity contribution in [2.45, 2.75) is 58.4 Å². The van der Waals surface area contributed by atoms with Crippen LogP contribution in [0.25, 0.3) is 0 Å². The molecule has 0 spiro atoms. The molecule has 0 bridgehead atoms. The Morgan fingerprint density at radius 1 is 0.871 bits per heavy atom. The number of carbonyl (C=O) groups excluding carboxylic acids is 3. The van der Waals surface area contributed by atoms with E-state index in [1.807, 2.05) is 45.9 Å². The average Bonchev–Trinajstić information content (AvgIpc) is 2.79. The monoisotopic (exact) mass is 428 g/mol. The first-order chi connectivity index (χ1) is 14.9. The van der Waals surface area contributed by atoms with E-state index in [9.17, 15) is 14.4 Å². The van der Waals surface area contributed by atoms with Crippen molar-refractivity contribution in [3.05, 3.63) is 29.8 Å². The van der Waals surface area contributed by atoms with Crippen LogP contribution in [-0.4, -0.2) is 72.8 Å². The topological polar surface area (TPSA) is 73.0 Å². The minimum atomic E-state index is -0.566. The molecule has 2 saturated heterocycles. The van der Waals surface area contributed by atoms with Crippen molar-refractivity contribution in [2.24, 2.45) is 0 Å². The SMILES string of the molecule is Cc1ccc(N(CC(=O)NC(C)C(=O)N2CCCCC2)CC(=O)N2CCCCC2)cc1. The van der Waals surface area contributed by atoms with Crippen molar-refractivity contribution in [2.75, 3.05) is 44.2 Å². The van der Waals surface area contributed by atoms with Gasteiger partial charge in [0.15, 0.2) is 0 Å². The Balaban J connectivity index is 1.62. The number of nitrogens with one attached hydrogen (secondary N) is 1. The number of benzene rings is 1. The minimum absolute atomic E-state index is 0.0284. The van der Waals surface area contributed by atoms with Crippen LogP contribution in [0.15, 0.2) is 24.3 Å². The standard InChI is InChI=1S/C24H36N4O3/c1-19-9-11-21(12-10-19)28(18-23(30)26-13-5-3-6-14-26)17-22(29)25-20(2)24(31)27-15-7-4-8-16-27/h9-12,20H,3-8,13-18H2,1-2H3,(H,25,29). The molecule has 1 unspecified atom stereocenters. The Morgan fingerprint density at radius 2 is 1.42 bits per heavy atom. The first kappa shape index (κ1) is 23.1. The molecular weight excluding hydrogens is 392 g/mol. The Bertz CT molecular complexity index is 753. The van der Waals surface area contributed by atoms with Gasteiger partial charge in [0.25, 0.3) is 0 Å². The number of aryl methyl sites for hydroxylation is 1. The molecular formula is C24H36N4O3. The highest BCUT2D eigenvalue weighted by Gasteiger charge is 2.25. The fourth-order valence-electron chi connectivity index (χ4n) is 4.31. The molecule has 2 aliphatic heterocycles. The van der Waals surface area contributed by atoms with Crippen LogP contribution in [0, 0.1) is 6.92 Å². The second-order valence-corrected chi connectivity index (χ2v) is 8.81. The van der Waals surface area contributed by atoms with Gasteiger partial charge in [-0.05, 0) is 64.5 Å². The highest BCUT2D eigenvalue weighted by Crippen LogP contribution is 2.17. The van der Waals surface area contributed by atoms with Crippen molar-refractivity contribution >= 4 is 23.4 Å². The van der Waals surface area contributed by atoms with Crippen LogP contribution in [0.1, 0.15) is 51.0 Å². The van der Waals surface area contributed by atoms with Gasteiger partial charge in [-0.15, -0.1) is 0 Å². The fraction of sp³-hybridized carbons (Fsp3) is 0.625. The second kappa shape index (κ2) is 11.2. The summed E-state index contributed by atoms with van der Waals surface area (Å²) in [7, 11) is 0. The molecule has 170 valence electrons. The van der Waals surface area contributed by atoms with Crippen molar-refractivity contribution in [1.82, 2.24) is 15.1 Å². The predicted octanol–water partition coefficient (Wildman–Crippen LogP) is 2.33. The molecule has 1 N–H and O–H groups in total. The molecule has 2 heterocycles. The minimum Gasteiger partial charge on any atom is -0.353 e. The molecule has 3 rings (SSSR count). The molecule has 1 atom stereocenters. The van der Waals surface area contributed by atoms with E-state index in [2.05, 4.69) is 5.32 Å². The Labute approximate surface area is 185 Å². The average molecular weight is 429 g/mol. The molecule has 2 fully saturated rings. The van der Waals surface area contributed by atoms with E-state index in [4.69, 9.17) is 0 Å². The van der Waals surface area contributed by atoms with E-state index >= 15 is 0 Å². The number of piperidine rings is 2. The van der Waals surface area contributed by atoms with Gasteiger partial charge in [-0.1, -0.05) is 17.7 Å². The first-order valence-corrected chi connectivity index (χ1v) is 11.6. The van der Waals surface area contributed by atoms with Gasteiger partial charge in [-0.2, -0.15) is 0 Å². The molecule has 1 aromatic rings. The number of amides is 3. The largest absolute Gasteiger partial charge is 0.353 e. The van der Waals surface area contributed by atoms with Crippen LogP contribution >= 0.6 is 0 Å². The van der Waals surface area contributed by atoms with Crippen LogP contribution in [-0.2, 0) is 14.4 Å². The molecule has 0 aromatic heterocycles. The third kappa shape index (κ3) is 6.71. The zero-order chi connectivity index (χ0) is 22.2. The van der Waals surface area contributed by atoms with Crippen molar-refractivity contribution < 1.29 is 14.4 Å². The number of likely N-dealkylation sites (tertiary alicyclic amines) is 2. The van der Waals surface area contributed by atoms with Gasteiger partial charge in [-0.3, -0.25) is 14.4 Å². The maximum absolute atomic E-state index is 12.9. The normalized spacial score (nSPS) is 17.7. The number of nitrogens with zero attached hydrogens (tertiary/aromatic N) is 3. The summed E-state index contributed by atoms with van der Waals surface area (Å²) in [6.45, 7) is 7.04. The molecule has 7 nitrogen and oxygen atoms in total. The maximum atomic E-state index is 12.9. The lowest BCUT2D eigenvalue weighted by Gasteiger charge is -2.32. The summed E-state index contributed by atoms with van der Waals surface area (Å²) in [5.41, 5.74) is 1.96. The van der Waals surface area contributed by atoms with E-state index in [1.165, 1.54) is 0 Å². The number of anilines is 1. The van der Waals surface area contributed by atoms with Gasteiger partial charge in [0.1, 0.15) is 6.04 Å². The Morgan fingerprint density at radius 3 is 2.00 bits per heavy atom. The molecule has 1 aromatic carbocycles. The van der Waals surface area contributed by atoms with Gasteiger partial charge in [0, 0.05) is 31.9 Å². The molecule has 3 amide bonds. The summed E-state index contributed by atoms with van der Waals surface area (Å²) in [6.07, 6.45) is 6.43. The second-order valence-electron chi connectivity index (χ2n) is 8.81. The zero-order valence-corrected chi connectivity index (χ0v) is 18.9. The fourth-order valence-corrected chi connectivity index (χ4v) is 4.31. The van der Waals surface area contributed by atoms with Gasteiger partial charge < -0.3 is 20.0 Å². The molecule has 0 saturated carbocycles. The van der Waals surface area contributed by atoms with Gasteiger partial charge in [0.05, 0.1) is 13.1 Å². The Kier molecular flexibility index (Phi) is 8.32. The highest BCUT2D eigenvalue weighted by molar-refractivity contribution is 5.90. The van der Waals surface area contributed by atoms with E-state index in [1.54, 1.807) is 6.92 Å². The predicted molar refractivity (Wildman–Crippen MR) is 122 cm³/mol. The van der Waals surface area contributed by atoms with Crippen LogP contribution in [0.4, 0.5) is 5.69 Å². The van der Waals surface area contributed by atoms with Crippen molar-refractivity contribution in [3.8, 4) is 0 Å². The smallest absolute Gasteiger partial charge is 0.244 e. The van der Waals surface area contributed by atoms with E-state index in [-0.39, 0.29) is 30.8 Å². The molecule has 0 aliphatic carbocycles. The highest BCUT2D eigenvalue weighted by atomic mass is 16.2. The van der Waals surface area contributed by atoms with Crippen LogP contribution in [0.5, 0.6) is 0 Å². The molecule has 31 heavy (non-hydrogen) atoms. The number of hydrogen-bond donors (Lipinski definition) is 1. The Hall–Kier alpha value is -2.57.